The van der Waals surface area contributed by atoms with Crippen molar-refractivity contribution in [3.63, 3.8) is 0 Å². The topological polar surface area (TPSA) is 63.0 Å². The fourth-order valence-electron chi connectivity index (χ4n) is 1.90. The molecule has 0 amide bonds. The molecule has 0 aromatic carbocycles. The highest BCUT2D eigenvalue weighted by molar-refractivity contribution is 5.45. The highest BCUT2D eigenvalue weighted by Gasteiger charge is 2.35. The number of hydrazine groups is 1. The Morgan fingerprint density at radius 1 is 1.47 bits per heavy atom. The van der Waals surface area contributed by atoms with E-state index in [0.717, 1.165) is 11.7 Å². The van der Waals surface area contributed by atoms with Crippen molar-refractivity contribution in [2.75, 3.05) is 10.7 Å². The van der Waals surface area contributed by atoms with Crippen LogP contribution in [0, 0.1) is 5.92 Å². The summed E-state index contributed by atoms with van der Waals surface area (Å²) >= 11 is 0. The van der Waals surface area contributed by atoms with Crippen LogP contribution in [-0.4, -0.2) is 11.0 Å². The van der Waals surface area contributed by atoms with Crippen molar-refractivity contribution in [1.29, 1.82) is 0 Å². The van der Waals surface area contributed by atoms with Crippen LogP contribution in [0.25, 0.3) is 0 Å². The third-order valence-corrected chi connectivity index (χ3v) is 2.81. The maximum absolute atomic E-state index is 5.30. The number of nitrogens with one attached hydrogen (secondary N) is 2. The van der Waals surface area contributed by atoms with Crippen LogP contribution in [0.5, 0.6) is 0 Å². The Hall–Kier alpha value is -1.29. The lowest BCUT2D eigenvalue weighted by molar-refractivity contribution is 0.692. The molecular weight excluding hydrogens is 188 g/mol. The van der Waals surface area contributed by atoms with E-state index in [9.17, 15) is 0 Å². The molecular formula is C11H18N4. The van der Waals surface area contributed by atoms with Gasteiger partial charge in [-0.05, 0) is 30.9 Å². The van der Waals surface area contributed by atoms with Crippen molar-refractivity contribution >= 4 is 11.6 Å². The first-order valence-corrected chi connectivity index (χ1v) is 5.53. The summed E-state index contributed by atoms with van der Waals surface area (Å²) in [6.07, 6.45) is 3.85. The lowest BCUT2D eigenvalue weighted by Gasteiger charge is -2.06. The second kappa shape index (κ2) is 4.49. The van der Waals surface area contributed by atoms with E-state index in [1.54, 1.807) is 0 Å². The molecule has 4 N–H and O–H groups in total. The van der Waals surface area contributed by atoms with Gasteiger partial charge in [0.1, 0.15) is 11.6 Å². The predicted octanol–water partition coefficient (Wildman–Crippen LogP) is 1.97. The van der Waals surface area contributed by atoms with E-state index in [2.05, 4.69) is 22.7 Å². The van der Waals surface area contributed by atoms with Gasteiger partial charge in [0.2, 0.25) is 0 Å². The Balaban J connectivity index is 1.89. The van der Waals surface area contributed by atoms with Crippen LogP contribution in [0.2, 0.25) is 0 Å². The summed E-state index contributed by atoms with van der Waals surface area (Å²) in [6.45, 7) is 2.23. The average Bonchev–Trinajstić information content (AvgIpc) is 2.97. The zero-order valence-corrected chi connectivity index (χ0v) is 9.03. The highest BCUT2D eigenvalue weighted by atomic mass is 15.3. The first-order valence-electron chi connectivity index (χ1n) is 5.53. The minimum atomic E-state index is 0.616. The molecule has 0 spiro atoms. The number of anilines is 2. The van der Waals surface area contributed by atoms with Crippen molar-refractivity contribution in [3.05, 3.63) is 18.2 Å². The molecule has 1 aromatic heterocycles. The van der Waals surface area contributed by atoms with Crippen LogP contribution in [-0.2, 0) is 0 Å². The first kappa shape index (κ1) is 10.2. The highest BCUT2D eigenvalue weighted by Crippen LogP contribution is 2.36. The molecule has 4 nitrogen and oxygen atoms in total. The summed E-state index contributed by atoms with van der Waals surface area (Å²) < 4.78 is 0. The molecule has 1 saturated carbocycles. The fraction of sp³-hybridized carbons (Fsp3) is 0.545. The van der Waals surface area contributed by atoms with Crippen molar-refractivity contribution in [3.8, 4) is 0 Å². The van der Waals surface area contributed by atoms with Gasteiger partial charge in [0.25, 0.3) is 0 Å². The molecule has 82 valence electrons. The minimum absolute atomic E-state index is 0.616. The number of nitrogen functional groups attached to an aromatic ring is 1. The van der Waals surface area contributed by atoms with Crippen molar-refractivity contribution in [1.82, 2.24) is 4.98 Å². The van der Waals surface area contributed by atoms with Crippen LogP contribution in [0.4, 0.5) is 11.6 Å². The molecule has 1 fully saturated rings. The zero-order chi connectivity index (χ0) is 10.7. The maximum Gasteiger partial charge on any atom is 0.142 e. The predicted molar refractivity (Wildman–Crippen MR) is 62.5 cm³/mol. The SMILES string of the molecule is CCCC1CC1Nc1cccc(NN)n1. The van der Waals surface area contributed by atoms with E-state index >= 15 is 0 Å². The number of hydrogen-bond donors (Lipinski definition) is 3. The Morgan fingerprint density at radius 3 is 3.00 bits per heavy atom. The number of hydrogen-bond acceptors (Lipinski definition) is 4. The second-order valence-electron chi connectivity index (χ2n) is 4.09. The van der Waals surface area contributed by atoms with Gasteiger partial charge < -0.3 is 10.7 Å². The molecule has 0 saturated heterocycles. The van der Waals surface area contributed by atoms with E-state index in [4.69, 9.17) is 5.84 Å². The quantitative estimate of drug-likeness (QED) is 0.509. The summed E-state index contributed by atoms with van der Waals surface area (Å²) in [7, 11) is 0. The Bertz CT molecular complexity index is 326. The summed E-state index contributed by atoms with van der Waals surface area (Å²) in [6, 6.07) is 6.39. The van der Waals surface area contributed by atoms with Gasteiger partial charge >= 0.3 is 0 Å². The lowest BCUT2D eigenvalue weighted by Crippen LogP contribution is -2.11. The molecule has 1 aliphatic carbocycles. The first-order chi connectivity index (χ1) is 7.33. The summed E-state index contributed by atoms with van der Waals surface area (Å²) in [5, 5.41) is 3.42. The van der Waals surface area contributed by atoms with Gasteiger partial charge in [-0.15, -0.1) is 0 Å². The van der Waals surface area contributed by atoms with Gasteiger partial charge in [0, 0.05) is 6.04 Å². The van der Waals surface area contributed by atoms with Gasteiger partial charge in [0.15, 0.2) is 0 Å². The second-order valence-corrected chi connectivity index (χ2v) is 4.09. The van der Waals surface area contributed by atoms with E-state index in [1.165, 1.54) is 19.3 Å². The van der Waals surface area contributed by atoms with E-state index in [-0.39, 0.29) is 0 Å². The molecule has 15 heavy (non-hydrogen) atoms. The number of rotatable bonds is 5. The molecule has 4 heteroatoms. The molecule has 1 aromatic rings. The third-order valence-electron chi connectivity index (χ3n) is 2.81. The molecule has 2 rings (SSSR count). The van der Waals surface area contributed by atoms with Crippen LogP contribution < -0.4 is 16.6 Å². The minimum Gasteiger partial charge on any atom is -0.367 e. The van der Waals surface area contributed by atoms with Crippen molar-refractivity contribution < 1.29 is 0 Å². The van der Waals surface area contributed by atoms with Gasteiger partial charge in [-0.2, -0.15) is 0 Å². The standard InChI is InChI=1S/C11H18N4/c1-2-4-8-7-9(8)13-10-5-3-6-11(14-10)15-12/h3,5-6,8-9H,2,4,7,12H2,1H3,(H2,13,14,15). The average molecular weight is 206 g/mol. The van der Waals surface area contributed by atoms with Gasteiger partial charge in [0.05, 0.1) is 0 Å². The molecule has 2 unspecified atom stereocenters. The van der Waals surface area contributed by atoms with Crippen LogP contribution in [0.15, 0.2) is 18.2 Å². The summed E-state index contributed by atoms with van der Waals surface area (Å²) in [4.78, 5) is 4.32. The van der Waals surface area contributed by atoms with Crippen molar-refractivity contribution in [2.45, 2.75) is 32.2 Å². The number of aromatic nitrogens is 1. The Morgan fingerprint density at radius 2 is 2.27 bits per heavy atom. The van der Waals surface area contributed by atoms with E-state index in [1.807, 2.05) is 18.2 Å². The number of pyridine rings is 1. The third kappa shape index (κ3) is 2.59. The molecule has 0 radical (unpaired) electrons. The van der Waals surface area contributed by atoms with Gasteiger partial charge in [-0.1, -0.05) is 19.4 Å². The van der Waals surface area contributed by atoms with Gasteiger partial charge in [-0.25, -0.2) is 10.8 Å². The smallest absolute Gasteiger partial charge is 0.142 e. The maximum atomic E-state index is 5.30. The van der Waals surface area contributed by atoms with Crippen molar-refractivity contribution in [2.24, 2.45) is 11.8 Å². The summed E-state index contributed by atoms with van der Waals surface area (Å²) in [5.41, 5.74) is 2.55. The van der Waals surface area contributed by atoms with Crippen LogP contribution in [0.1, 0.15) is 26.2 Å². The molecule has 1 heterocycles. The number of nitrogens with zero attached hydrogens (tertiary/aromatic N) is 1. The summed E-state index contributed by atoms with van der Waals surface area (Å²) in [5.74, 6) is 7.75. The molecule has 0 bridgehead atoms. The normalized spacial score (nSPS) is 23.6. The number of nitrogens with two attached hydrogens (primary N) is 1. The largest absolute Gasteiger partial charge is 0.367 e. The van der Waals surface area contributed by atoms with Gasteiger partial charge in [-0.3, -0.25) is 0 Å². The molecule has 1 aliphatic rings. The molecule has 2 atom stereocenters. The van der Waals surface area contributed by atoms with E-state index < -0.39 is 0 Å². The molecule has 0 aliphatic heterocycles. The van der Waals surface area contributed by atoms with Crippen LogP contribution >= 0.6 is 0 Å². The fourth-order valence-corrected chi connectivity index (χ4v) is 1.90. The monoisotopic (exact) mass is 206 g/mol. The Kier molecular flexibility index (Phi) is 3.06. The lowest BCUT2D eigenvalue weighted by atomic mass is 10.2. The van der Waals surface area contributed by atoms with E-state index in [0.29, 0.717) is 11.9 Å². The Labute approximate surface area is 90.2 Å². The zero-order valence-electron chi connectivity index (χ0n) is 9.03. The van der Waals surface area contributed by atoms with Crippen LogP contribution in [0.3, 0.4) is 0 Å².